The summed E-state index contributed by atoms with van der Waals surface area (Å²) in [5.74, 6) is 0.655. The molecule has 0 radical (unpaired) electrons. The Balaban J connectivity index is 0.985. The van der Waals surface area contributed by atoms with Gasteiger partial charge >= 0.3 is 0 Å². The van der Waals surface area contributed by atoms with E-state index in [2.05, 4.69) is 176 Å². The third-order valence-electron chi connectivity index (χ3n) is 11.5. The van der Waals surface area contributed by atoms with Crippen molar-refractivity contribution in [3.05, 3.63) is 200 Å². The molecule has 5 heteroatoms. The maximum atomic E-state index is 6.68. The number of pyridine rings is 1. The molecule has 0 fully saturated rings. The van der Waals surface area contributed by atoms with Gasteiger partial charge in [0.1, 0.15) is 11.3 Å². The average Bonchev–Trinajstić information content (AvgIpc) is 3.91. The molecule has 280 valence electrons. The van der Waals surface area contributed by atoms with Crippen molar-refractivity contribution in [1.29, 1.82) is 0 Å². The fourth-order valence-electron chi connectivity index (χ4n) is 8.66. The first-order valence-electron chi connectivity index (χ1n) is 20.1. The summed E-state index contributed by atoms with van der Waals surface area (Å²) in [6, 6.07) is 70.0. The van der Waals surface area contributed by atoms with Gasteiger partial charge in [0.05, 0.1) is 16.9 Å². The third-order valence-corrected chi connectivity index (χ3v) is 12.7. The van der Waals surface area contributed by atoms with Gasteiger partial charge in [-0.2, -0.15) is 0 Å². The van der Waals surface area contributed by atoms with E-state index in [-0.39, 0.29) is 0 Å². The third kappa shape index (κ3) is 5.70. The molecule has 0 aliphatic rings. The van der Waals surface area contributed by atoms with Gasteiger partial charge in [0.25, 0.3) is 0 Å². The standard InChI is InChI=1S/C55H33N3OS/c1-3-14-34(15-4-1)40-22-13-25-45-50(40)51-44-21-7-9-26-48(44)59-53(51)52(56-45)36-28-30-37(31-29-36)55-57-46(35-16-5-2-6-17-35)33-47(58-55)39-19-11-18-38(32-39)41-23-12-24-43-42-20-8-10-27-49(42)60-54(41)43/h1-33H. The van der Waals surface area contributed by atoms with Gasteiger partial charge in [0.15, 0.2) is 11.4 Å². The van der Waals surface area contributed by atoms with E-state index in [9.17, 15) is 0 Å². The van der Waals surface area contributed by atoms with E-state index >= 15 is 0 Å². The number of thiophene rings is 1. The summed E-state index contributed by atoms with van der Waals surface area (Å²) < 4.78 is 9.27. The van der Waals surface area contributed by atoms with Gasteiger partial charge in [-0.05, 0) is 52.6 Å². The van der Waals surface area contributed by atoms with Crippen LogP contribution in [0.4, 0.5) is 0 Å². The highest BCUT2D eigenvalue weighted by Crippen LogP contribution is 2.44. The van der Waals surface area contributed by atoms with Crippen molar-refractivity contribution in [3.63, 3.8) is 0 Å². The molecule has 12 rings (SSSR count). The van der Waals surface area contributed by atoms with Crippen LogP contribution in [0.1, 0.15) is 0 Å². The molecule has 0 amide bonds. The molecule has 12 aromatic rings. The van der Waals surface area contributed by atoms with E-state index in [1.54, 1.807) is 0 Å². The van der Waals surface area contributed by atoms with E-state index in [1.165, 1.54) is 25.7 Å². The highest BCUT2D eigenvalue weighted by atomic mass is 32.1. The topological polar surface area (TPSA) is 51.8 Å². The minimum atomic E-state index is 0.655. The maximum absolute atomic E-state index is 6.68. The molecule has 8 aromatic carbocycles. The second kappa shape index (κ2) is 14.0. The molecule has 0 saturated heterocycles. The molecule has 0 unspecified atom stereocenters. The first-order chi connectivity index (χ1) is 29.7. The van der Waals surface area contributed by atoms with Gasteiger partial charge in [-0.15, -0.1) is 11.3 Å². The number of furan rings is 1. The lowest BCUT2D eigenvalue weighted by atomic mass is 9.95. The molecule has 4 nitrogen and oxygen atoms in total. The smallest absolute Gasteiger partial charge is 0.162 e. The van der Waals surface area contributed by atoms with Gasteiger partial charge in [0.2, 0.25) is 0 Å². The minimum Gasteiger partial charge on any atom is -0.454 e. The fraction of sp³-hybridized carbons (Fsp3) is 0. The summed E-state index contributed by atoms with van der Waals surface area (Å²) in [5, 5.41) is 5.82. The van der Waals surface area contributed by atoms with Crippen molar-refractivity contribution in [2.75, 3.05) is 0 Å². The van der Waals surface area contributed by atoms with E-state index in [0.29, 0.717) is 5.82 Å². The fourth-order valence-corrected chi connectivity index (χ4v) is 9.90. The molecular weight excluding hydrogens is 751 g/mol. The zero-order valence-corrected chi connectivity index (χ0v) is 33.0. The molecule has 0 aliphatic carbocycles. The van der Waals surface area contributed by atoms with Crippen molar-refractivity contribution in [3.8, 4) is 67.4 Å². The molecule has 0 bridgehead atoms. The average molecular weight is 784 g/mol. The van der Waals surface area contributed by atoms with Crippen LogP contribution in [-0.4, -0.2) is 15.0 Å². The van der Waals surface area contributed by atoms with Crippen LogP contribution in [0.5, 0.6) is 0 Å². The Kier molecular flexibility index (Phi) is 8.00. The number of hydrogen-bond donors (Lipinski definition) is 0. The van der Waals surface area contributed by atoms with E-state index in [4.69, 9.17) is 19.4 Å². The Morgan fingerprint density at radius 2 is 1.00 bits per heavy atom. The van der Waals surface area contributed by atoms with Crippen LogP contribution < -0.4 is 0 Å². The highest BCUT2D eigenvalue weighted by Gasteiger charge is 2.21. The molecule has 0 saturated carbocycles. The summed E-state index contributed by atoms with van der Waals surface area (Å²) in [5.41, 5.74) is 13.7. The number of fused-ring (bicyclic) bond motifs is 8. The molecule has 4 aromatic heterocycles. The Morgan fingerprint density at radius 1 is 0.383 bits per heavy atom. The first kappa shape index (κ1) is 34.3. The molecule has 0 atom stereocenters. The summed E-state index contributed by atoms with van der Waals surface area (Å²) in [6.07, 6.45) is 0. The Bertz CT molecular complexity index is 3590. The van der Waals surface area contributed by atoms with Crippen LogP contribution in [0.2, 0.25) is 0 Å². The number of benzene rings is 8. The molecule has 4 heterocycles. The van der Waals surface area contributed by atoms with E-state index < -0.39 is 0 Å². The normalized spacial score (nSPS) is 11.7. The number of nitrogens with zero attached hydrogens (tertiary/aromatic N) is 3. The largest absolute Gasteiger partial charge is 0.454 e. The van der Waals surface area contributed by atoms with Crippen molar-refractivity contribution < 1.29 is 4.42 Å². The molecule has 0 aliphatic heterocycles. The second-order valence-corrected chi connectivity index (χ2v) is 16.1. The monoisotopic (exact) mass is 783 g/mol. The predicted octanol–water partition coefficient (Wildman–Crippen LogP) is 15.3. The van der Waals surface area contributed by atoms with Crippen LogP contribution in [0.25, 0.3) is 120 Å². The van der Waals surface area contributed by atoms with Crippen LogP contribution in [0.15, 0.2) is 205 Å². The van der Waals surface area contributed by atoms with Crippen molar-refractivity contribution in [2.45, 2.75) is 0 Å². The van der Waals surface area contributed by atoms with Crippen LogP contribution >= 0.6 is 11.3 Å². The van der Waals surface area contributed by atoms with E-state index in [0.717, 1.165) is 88.9 Å². The Labute approximate surface area is 349 Å². The summed E-state index contributed by atoms with van der Waals surface area (Å²) in [6.45, 7) is 0. The van der Waals surface area contributed by atoms with Crippen molar-refractivity contribution in [1.82, 2.24) is 15.0 Å². The lowest BCUT2D eigenvalue weighted by molar-refractivity contribution is 0.669. The van der Waals surface area contributed by atoms with Gasteiger partial charge in [0, 0.05) is 58.6 Å². The highest BCUT2D eigenvalue weighted by molar-refractivity contribution is 7.26. The minimum absolute atomic E-state index is 0.655. The van der Waals surface area contributed by atoms with Crippen molar-refractivity contribution >= 4 is 64.4 Å². The zero-order chi connectivity index (χ0) is 39.6. The van der Waals surface area contributed by atoms with Crippen LogP contribution in [0.3, 0.4) is 0 Å². The molecule has 0 N–H and O–H groups in total. The molecule has 60 heavy (non-hydrogen) atoms. The van der Waals surface area contributed by atoms with E-state index in [1.807, 2.05) is 35.6 Å². The Morgan fingerprint density at radius 3 is 1.83 bits per heavy atom. The number of hydrogen-bond acceptors (Lipinski definition) is 5. The van der Waals surface area contributed by atoms with Crippen LogP contribution in [0, 0.1) is 0 Å². The Hall–Kier alpha value is -7.73. The zero-order valence-electron chi connectivity index (χ0n) is 32.2. The van der Waals surface area contributed by atoms with Gasteiger partial charge < -0.3 is 4.42 Å². The lowest BCUT2D eigenvalue weighted by Gasteiger charge is -2.12. The van der Waals surface area contributed by atoms with Gasteiger partial charge in [-0.3, -0.25) is 0 Å². The first-order valence-corrected chi connectivity index (χ1v) is 20.9. The number of para-hydroxylation sites is 1. The summed E-state index contributed by atoms with van der Waals surface area (Å²) in [7, 11) is 0. The molecular formula is C55H33N3OS. The SMILES string of the molecule is c1ccc(-c2cc(-c3cccc(-c4cccc5c4sc4ccccc45)c3)nc(-c3ccc(-c4nc5cccc(-c6ccccc6)c5c5c4oc4ccccc45)cc3)n2)cc1. The quantitative estimate of drug-likeness (QED) is 0.169. The lowest BCUT2D eigenvalue weighted by Crippen LogP contribution is -1.96. The number of rotatable bonds is 6. The van der Waals surface area contributed by atoms with Crippen LogP contribution in [-0.2, 0) is 0 Å². The van der Waals surface area contributed by atoms with Gasteiger partial charge in [-0.25, -0.2) is 15.0 Å². The summed E-state index contributed by atoms with van der Waals surface area (Å²) in [4.78, 5) is 15.7. The molecule has 0 spiro atoms. The maximum Gasteiger partial charge on any atom is 0.162 e. The summed E-state index contributed by atoms with van der Waals surface area (Å²) >= 11 is 1.85. The number of aromatic nitrogens is 3. The second-order valence-electron chi connectivity index (χ2n) is 15.1. The predicted molar refractivity (Wildman–Crippen MR) is 250 cm³/mol. The van der Waals surface area contributed by atoms with Gasteiger partial charge in [-0.1, -0.05) is 170 Å². The van der Waals surface area contributed by atoms with Crippen molar-refractivity contribution in [2.24, 2.45) is 0 Å².